The second-order valence-corrected chi connectivity index (χ2v) is 4.65. The molecule has 0 spiro atoms. The minimum atomic E-state index is 0.264. The third-order valence-electron chi connectivity index (χ3n) is 3.17. The van der Waals surface area contributed by atoms with Gasteiger partial charge in [0.05, 0.1) is 0 Å². The maximum absolute atomic E-state index is 9.42. The van der Waals surface area contributed by atoms with Crippen LogP contribution in [0.4, 0.5) is 0 Å². The average Bonchev–Trinajstić information content (AvgIpc) is 2.80. The van der Waals surface area contributed by atoms with Crippen LogP contribution >= 0.6 is 0 Å². The Balaban J connectivity index is 1.80. The Labute approximate surface area is 111 Å². The quantitative estimate of drug-likeness (QED) is 0.746. The number of phenolic OH excluding ortho intramolecular Hbond substituents is 1. The largest absolute Gasteiger partial charge is 0.508 e. The molecular weight excluding hydrogens is 238 g/mol. The summed E-state index contributed by atoms with van der Waals surface area (Å²) < 4.78 is 5.76. The third-order valence-corrected chi connectivity index (χ3v) is 3.17. The van der Waals surface area contributed by atoms with Gasteiger partial charge in [0.1, 0.15) is 18.1 Å². The van der Waals surface area contributed by atoms with Crippen LogP contribution < -0.4 is 4.74 Å². The molecule has 2 aromatic carbocycles. The molecule has 19 heavy (non-hydrogen) atoms. The number of fused-ring (bicyclic) bond motifs is 1. The maximum Gasteiger partial charge on any atom is 0.119 e. The van der Waals surface area contributed by atoms with Crippen LogP contribution in [-0.4, -0.2) is 10.1 Å². The van der Waals surface area contributed by atoms with Crippen molar-refractivity contribution < 1.29 is 9.84 Å². The van der Waals surface area contributed by atoms with Crippen molar-refractivity contribution in [3.8, 4) is 11.5 Å². The van der Waals surface area contributed by atoms with Gasteiger partial charge in [0.2, 0.25) is 0 Å². The second kappa shape index (κ2) is 4.69. The smallest absolute Gasteiger partial charge is 0.119 e. The fourth-order valence-corrected chi connectivity index (χ4v) is 2.09. The summed E-state index contributed by atoms with van der Waals surface area (Å²) in [5.41, 5.74) is 3.22. The van der Waals surface area contributed by atoms with Crippen molar-refractivity contribution >= 4 is 10.9 Å². The number of benzene rings is 2. The molecule has 0 bridgehead atoms. The first-order valence-corrected chi connectivity index (χ1v) is 6.21. The first kappa shape index (κ1) is 11.7. The van der Waals surface area contributed by atoms with Gasteiger partial charge in [-0.15, -0.1) is 0 Å². The van der Waals surface area contributed by atoms with Crippen molar-refractivity contribution in [2.45, 2.75) is 13.5 Å². The topological polar surface area (TPSA) is 45.2 Å². The van der Waals surface area contributed by atoms with Gasteiger partial charge in [-0.25, -0.2) is 0 Å². The van der Waals surface area contributed by atoms with E-state index in [-0.39, 0.29) is 5.75 Å². The van der Waals surface area contributed by atoms with Gasteiger partial charge >= 0.3 is 0 Å². The van der Waals surface area contributed by atoms with Gasteiger partial charge < -0.3 is 14.8 Å². The van der Waals surface area contributed by atoms with E-state index < -0.39 is 0 Å². The van der Waals surface area contributed by atoms with Gasteiger partial charge in [-0.1, -0.05) is 17.7 Å². The number of hydrogen-bond donors (Lipinski definition) is 2. The normalized spacial score (nSPS) is 10.8. The molecule has 3 nitrogen and oxygen atoms in total. The van der Waals surface area contributed by atoms with Gasteiger partial charge in [0, 0.05) is 28.7 Å². The number of hydrogen-bond acceptors (Lipinski definition) is 2. The SMILES string of the molecule is Cc1ccc(OCc2c[nH]c3cc(O)ccc23)cc1. The summed E-state index contributed by atoms with van der Waals surface area (Å²) in [4.78, 5) is 3.13. The molecule has 1 aromatic heterocycles. The molecular formula is C16H15NO2. The number of aromatic amines is 1. The highest BCUT2D eigenvalue weighted by Gasteiger charge is 2.05. The molecule has 0 unspecified atom stereocenters. The van der Waals surface area contributed by atoms with Gasteiger partial charge in [0.25, 0.3) is 0 Å². The summed E-state index contributed by atoms with van der Waals surface area (Å²) >= 11 is 0. The Hall–Kier alpha value is -2.42. The van der Waals surface area contributed by atoms with Crippen LogP contribution in [-0.2, 0) is 6.61 Å². The van der Waals surface area contributed by atoms with Crippen molar-refractivity contribution in [1.29, 1.82) is 0 Å². The van der Waals surface area contributed by atoms with E-state index in [1.807, 2.05) is 36.5 Å². The van der Waals surface area contributed by atoms with Gasteiger partial charge in [-0.2, -0.15) is 0 Å². The molecule has 96 valence electrons. The number of aryl methyl sites for hydroxylation is 1. The maximum atomic E-state index is 9.42. The molecule has 0 atom stereocenters. The van der Waals surface area contributed by atoms with Gasteiger partial charge in [-0.05, 0) is 31.2 Å². The van der Waals surface area contributed by atoms with E-state index >= 15 is 0 Å². The summed E-state index contributed by atoms with van der Waals surface area (Å²) in [6, 6.07) is 13.3. The lowest BCUT2D eigenvalue weighted by molar-refractivity contribution is 0.307. The van der Waals surface area contributed by atoms with E-state index in [0.717, 1.165) is 22.2 Å². The van der Waals surface area contributed by atoms with E-state index in [2.05, 4.69) is 11.9 Å². The summed E-state index contributed by atoms with van der Waals surface area (Å²) in [5.74, 6) is 1.12. The summed E-state index contributed by atoms with van der Waals surface area (Å²) in [7, 11) is 0. The highest BCUT2D eigenvalue weighted by atomic mass is 16.5. The van der Waals surface area contributed by atoms with E-state index in [9.17, 15) is 5.11 Å². The van der Waals surface area contributed by atoms with Crippen LogP contribution in [0.1, 0.15) is 11.1 Å². The second-order valence-electron chi connectivity index (χ2n) is 4.65. The predicted molar refractivity (Wildman–Crippen MR) is 75.5 cm³/mol. The number of aromatic nitrogens is 1. The molecule has 3 heteroatoms. The third kappa shape index (κ3) is 2.40. The van der Waals surface area contributed by atoms with Crippen LogP contribution in [0.5, 0.6) is 11.5 Å². The Bertz CT molecular complexity index is 698. The standard InChI is InChI=1S/C16H15NO2/c1-11-2-5-14(6-3-11)19-10-12-9-17-16-8-13(18)4-7-15(12)16/h2-9,17-18H,10H2,1H3. The van der Waals surface area contributed by atoms with Crippen LogP contribution in [0, 0.1) is 6.92 Å². The van der Waals surface area contributed by atoms with Crippen molar-refractivity contribution in [2.75, 3.05) is 0 Å². The Morgan fingerprint density at radius 2 is 1.89 bits per heavy atom. The van der Waals surface area contributed by atoms with Crippen molar-refractivity contribution in [3.63, 3.8) is 0 Å². The fraction of sp³-hybridized carbons (Fsp3) is 0.125. The molecule has 0 amide bonds. The Morgan fingerprint density at radius 1 is 1.11 bits per heavy atom. The number of ether oxygens (including phenoxy) is 1. The molecule has 0 saturated carbocycles. The highest BCUT2D eigenvalue weighted by molar-refractivity contribution is 5.84. The summed E-state index contributed by atoms with van der Waals surface area (Å²) in [6.45, 7) is 2.56. The lowest BCUT2D eigenvalue weighted by Crippen LogP contribution is -1.94. The van der Waals surface area contributed by atoms with Crippen LogP contribution in [0.25, 0.3) is 10.9 Å². The van der Waals surface area contributed by atoms with Crippen LogP contribution in [0.15, 0.2) is 48.7 Å². The number of aromatic hydroxyl groups is 1. The molecule has 0 aliphatic carbocycles. The summed E-state index contributed by atoms with van der Waals surface area (Å²) in [5, 5.41) is 10.5. The molecule has 1 heterocycles. The van der Waals surface area contributed by atoms with Crippen molar-refractivity contribution in [1.82, 2.24) is 4.98 Å². The predicted octanol–water partition coefficient (Wildman–Crippen LogP) is 3.76. The molecule has 0 aliphatic heterocycles. The molecule has 0 fully saturated rings. The van der Waals surface area contributed by atoms with E-state index in [1.54, 1.807) is 12.1 Å². The van der Waals surface area contributed by atoms with Crippen molar-refractivity contribution in [2.24, 2.45) is 0 Å². The first-order chi connectivity index (χ1) is 9.22. The van der Waals surface area contributed by atoms with Gasteiger partial charge in [-0.3, -0.25) is 0 Å². The van der Waals surface area contributed by atoms with Gasteiger partial charge in [0.15, 0.2) is 0 Å². The van der Waals surface area contributed by atoms with Crippen LogP contribution in [0.2, 0.25) is 0 Å². The Morgan fingerprint density at radius 3 is 2.68 bits per heavy atom. The molecule has 2 N–H and O–H groups in total. The first-order valence-electron chi connectivity index (χ1n) is 6.21. The molecule has 3 rings (SSSR count). The average molecular weight is 253 g/mol. The molecule has 0 saturated heterocycles. The number of nitrogens with one attached hydrogen (secondary N) is 1. The molecule has 0 aliphatic rings. The minimum Gasteiger partial charge on any atom is -0.508 e. The molecule has 3 aromatic rings. The number of phenols is 1. The minimum absolute atomic E-state index is 0.264. The van der Waals surface area contributed by atoms with Crippen molar-refractivity contribution in [3.05, 3.63) is 59.8 Å². The fourth-order valence-electron chi connectivity index (χ4n) is 2.09. The zero-order chi connectivity index (χ0) is 13.2. The van der Waals surface area contributed by atoms with E-state index in [0.29, 0.717) is 6.61 Å². The zero-order valence-electron chi connectivity index (χ0n) is 10.7. The van der Waals surface area contributed by atoms with Crippen LogP contribution in [0.3, 0.4) is 0 Å². The Kier molecular flexibility index (Phi) is 2.88. The monoisotopic (exact) mass is 253 g/mol. The lowest BCUT2D eigenvalue weighted by Gasteiger charge is -2.05. The number of rotatable bonds is 3. The summed E-state index contributed by atoms with van der Waals surface area (Å²) in [6.07, 6.45) is 1.91. The highest BCUT2D eigenvalue weighted by Crippen LogP contribution is 2.23. The van der Waals surface area contributed by atoms with E-state index in [4.69, 9.17) is 4.74 Å². The zero-order valence-corrected chi connectivity index (χ0v) is 10.7. The van der Waals surface area contributed by atoms with E-state index in [1.165, 1.54) is 5.56 Å². The number of H-pyrrole nitrogens is 1. The lowest BCUT2D eigenvalue weighted by atomic mass is 10.2. The molecule has 0 radical (unpaired) electrons.